The monoisotopic (exact) mass is 247 g/mol. The molecule has 1 N–H and O–H groups in total. The second kappa shape index (κ2) is 2.78. The van der Waals surface area contributed by atoms with E-state index in [-0.39, 0.29) is 0 Å². The van der Waals surface area contributed by atoms with Crippen molar-refractivity contribution in [3.05, 3.63) is 34.9 Å². The Morgan fingerprint density at radius 3 is 3.00 bits per heavy atom. The van der Waals surface area contributed by atoms with E-state index in [0.29, 0.717) is 0 Å². The van der Waals surface area contributed by atoms with Gasteiger partial charge in [0.05, 0.1) is 16.2 Å². The Morgan fingerprint density at radius 1 is 1.21 bits per heavy atom. The number of hydrogen-bond acceptors (Lipinski definition) is 2. The quantitative estimate of drug-likeness (QED) is 0.664. The molecule has 2 aromatic heterocycles. The van der Waals surface area contributed by atoms with Crippen LogP contribution in [0.5, 0.6) is 0 Å². The predicted octanol–water partition coefficient (Wildman–Crippen LogP) is 2.87. The smallest absolute Gasteiger partial charge is 0.120 e. The number of hydrogen-bond donors (Lipinski definition) is 1. The second-order valence-corrected chi connectivity index (χ2v) is 3.94. The molecule has 0 saturated heterocycles. The predicted molar refractivity (Wildman–Crippen MR) is 59.1 cm³/mol. The van der Waals surface area contributed by atoms with Gasteiger partial charge in [0, 0.05) is 10.9 Å². The molecule has 14 heavy (non-hydrogen) atoms. The number of para-hydroxylation sites is 1. The van der Waals surface area contributed by atoms with Gasteiger partial charge >= 0.3 is 0 Å². The molecule has 3 nitrogen and oxygen atoms in total. The number of nitrogens with zero attached hydrogens (tertiary/aromatic N) is 2. The van der Waals surface area contributed by atoms with E-state index in [0.717, 1.165) is 26.4 Å². The Labute approximate surface area is 88.3 Å². The van der Waals surface area contributed by atoms with Gasteiger partial charge < -0.3 is 4.98 Å². The van der Waals surface area contributed by atoms with Crippen molar-refractivity contribution in [2.75, 3.05) is 0 Å². The van der Waals surface area contributed by atoms with E-state index in [4.69, 9.17) is 0 Å². The lowest BCUT2D eigenvalue weighted by Gasteiger charge is -1.89. The van der Waals surface area contributed by atoms with E-state index in [1.54, 1.807) is 6.20 Å². The van der Waals surface area contributed by atoms with Crippen LogP contribution in [0.25, 0.3) is 21.9 Å². The van der Waals surface area contributed by atoms with Crippen molar-refractivity contribution < 1.29 is 0 Å². The normalized spacial score (nSPS) is 11.2. The molecule has 4 heteroatoms. The number of rotatable bonds is 0. The number of halogens is 1. The summed E-state index contributed by atoms with van der Waals surface area (Å²) >= 11 is 3.44. The van der Waals surface area contributed by atoms with Gasteiger partial charge in [0.15, 0.2) is 0 Å². The van der Waals surface area contributed by atoms with Crippen LogP contribution in [0, 0.1) is 0 Å². The Bertz CT molecular complexity index is 615. The number of nitrogens with one attached hydrogen (secondary N) is 1. The average molecular weight is 248 g/mol. The molecule has 68 valence electrons. The minimum absolute atomic E-state index is 0.912. The van der Waals surface area contributed by atoms with Crippen molar-refractivity contribution in [3.8, 4) is 0 Å². The number of H-pyrrole nitrogens is 1. The molecule has 1 aromatic carbocycles. The SMILES string of the molecule is Brc1cnnc2c1[nH]c1ccccc12. The van der Waals surface area contributed by atoms with Crippen LogP contribution >= 0.6 is 15.9 Å². The molecule has 3 aromatic rings. The number of aromatic amines is 1. The van der Waals surface area contributed by atoms with Crippen molar-refractivity contribution >= 4 is 37.9 Å². The van der Waals surface area contributed by atoms with Gasteiger partial charge in [0.25, 0.3) is 0 Å². The lowest BCUT2D eigenvalue weighted by atomic mass is 10.2. The first kappa shape index (κ1) is 7.94. The standard InChI is InChI=1S/C10H6BrN3/c11-7-5-12-14-9-6-3-1-2-4-8(6)13-10(7)9/h1-5,13H. The Balaban J connectivity index is 2.63. The minimum Gasteiger partial charge on any atom is -0.352 e. The molecule has 0 atom stereocenters. The second-order valence-electron chi connectivity index (χ2n) is 3.09. The number of fused-ring (bicyclic) bond motifs is 3. The zero-order valence-corrected chi connectivity index (χ0v) is 8.75. The van der Waals surface area contributed by atoms with Gasteiger partial charge in [0.2, 0.25) is 0 Å². The van der Waals surface area contributed by atoms with E-state index >= 15 is 0 Å². The molecule has 0 bridgehead atoms. The van der Waals surface area contributed by atoms with Gasteiger partial charge in [-0.1, -0.05) is 18.2 Å². The maximum atomic E-state index is 4.12. The van der Waals surface area contributed by atoms with E-state index in [1.807, 2.05) is 24.3 Å². The van der Waals surface area contributed by atoms with Crippen molar-refractivity contribution in [3.63, 3.8) is 0 Å². The third-order valence-electron chi connectivity index (χ3n) is 2.25. The highest BCUT2D eigenvalue weighted by molar-refractivity contribution is 9.10. The van der Waals surface area contributed by atoms with Gasteiger partial charge in [-0.25, -0.2) is 0 Å². The van der Waals surface area contributed by atoms with Gasteiger partial charge in [-0.15, -0.1) is 5.10 Å². The molecule has 0 radical (unpaired) electrons. The van der Waals surface area contributed by atoms with Gasteiger partial charge in [-0.05, 0) is 22.0 Å². The first-order valence-electron chi connectivity index (χ1n) is 4.24. The highest BCUT2D eigenvalue weighted by atomic mass is 79.9. The maximum Gasteiger partial charge on any atom is 0.120 e. The third kappa shape index (κ3) is 0.974. The zero-order valence-electron chi connectivity index (χ0n) is 7.16. The Hall–Kier alpha value is -1.42. The fourth-order valence-corrected chi connectivity index (χ4v) is 1.98. The van der Waals surface area contributed by atoms with Crippen molar-refractivity contribution in [1.29, 1.82) is 0 Å². The van der Waals surface area contributed by atoms with E-state index in [1.165, 1.54) is 0 Å². The molecular weight excluding hydrogens is 242 g/mol. The first-order chi connectivity index (χ1) is 6.86. The van der Waals surface area contributed by atoms with Crippen molar-refractivity contribution in [2.24, 2.45) is 0 Å². The summed E-state index contributed by atoms with van der Waals surface area (Å²) in [4.78, 5) is 3.30. The molecule has 0 aliphatic rings. The average Bonchev–Trinajstić information content (AvgIpc) is 2.59. The summed E-state index contributed by atoms with van der Waals surface area (Å²) < 4.78 is 0.943. The molecule has 2 heterocycles. The van der Waals surface area contributed by atoms with Gasteiger partial charge in [-0.3, -0.25) is 0 Å². The van der Waals surface area contributed by atoms with E-state index < -0.39 is 0 Å². The molecular formula is C10H6BrN3. The van der Waals surface area contributed by atoms with Crippen molar-refractivity contribution in [2.45, 2.75) is 0 Å². The summed E-state index contributed by atoms with van der Waals surface area (Å²) in [5.41, 5.74) is 3.00. The lowest BCUT2D eigenvalue weighted by Crippen LogP contribution is -1.80. The largest absolute Gasteiger partial charge is 0.352 e. The zero-order chi connectivity index (χ0) is 9.54. The summed E-state index contributed by atoms with van der Waals surface area (Å²) in [7, 11) is 0. The van der Waals surface area contributed by atoms with Crippen LogP contribution in [0.3, 0.4) is 0 Å². The van der Waals surface area contributed by atoms with Crippen LogP contribution in [0.15, 0.2) is 34.9 Å². The summed E-state index contributed by atoms with van der Waals surface area (Å²) in [6, 6.07) is 8.07. The molecule has 0 fully saturated rings. The topological polar surface area (TPSA) is 41.6 Å². The fraction of sp³-hybridized carbons (Fsp3) is 0. The summed E-state index contributed by atoms with van der Waals surface area (Å²) in [5, 5.41) is 9.14. The molecule has 0 unspecified atom stereocenters. The molecule has 0 aliphatic carbocycles. The molecule has 0 spiro atoms. The maximum absolute atomic E-state index is 4.12. The number of benzene rings is 1. The first-order valence-corrected chi connectivity index (χ1v) is 5.03. The Morgan fingerprint density at radius 2 is 2.07 bits per heavy atom. The van der Waals surface area contributed by atoms with Gasteiger partial charge in [-0.2, -0.15) is 5.10 Å². The molecule has 0 saturated carbocycles. The summed E-state index contributed by atoms with van der Waals surface area (Å²) in [6.07, 6.45) is 1.69. The molecule has 0 amide bonds. The fourth-order valence-electron chi connectivity index (χ4n) is 1.61. The highest BCUT2D eigenvalue weighted by Crippen LogP contribution is 2.27. The van der Waals surface area contributed by atoms with Crippen LogP contribution in [-0.4, -0.2) is 15.2 Å². The highest BCUT2D eigenvalue weighted by Gasteiger charge is 2.07. The van der Waals surface area contributed by atoms with Gasteiger partial charge in [0.1, 0.15) is 5.52 Å². The van der Waals surface area contributed by atoms with Crippen molar-refractivity contribution in [1.82, 2.24) is 15.2 Å². The Kier molecular flexibility index (Phi) is 1.58. The van der Waals surface area contributed by atoms with Crippen LogP contribution in [0.1, 0.15) is 0 Å². The number of aromatic nitrogens is 3. The van der Waals surface area contributed by atoms with E-state index in [2.05, 4.69) is 31.1 Å². The van der Waals surface area contributed by atoms with E-state index in [9.17, 15) is 0 Å². The van der Waals surface area contributed by atoms with Crippen LogP contribution < -0.4 is 0 Å². The lowest BCUT2D eigenvalue weighted by molar-refractivity contribution is 1.07. The van der Waals surface area contributed by atoms with Crippen LogP contribution in [0.2, 0.25) is 0 Å². The third-order valence-corrected chi connectivity index (χ3v) is 2.85. The summed E-state index contributed by atoms with van der Waals surface area (Å²) in [6.45, 7) is 0. The van der Waals surface area contributed by atoms with Crippen LogP contribution in [-0.2, 0) is 0 Å². The molecule has 0 aliphatic heterocycles. The van der Waals surface area contributed by atoms with Crippen LogP contribution in [0.4, 0.5) is 0 Å². The molecule has 3 rings (SSSR count). The minimum atomic E-state index is 0.912. The summed E-state index contributed by atoms with van der Waals surface area (Å²) in [5.74, 6) is 0.